The van der Waals surface area contributed by atoms with Crippen molar-refractivity contribution in [3.05, 3.63) is 54.7 Å². The van der Waals surface area contributed by atoms with Gasteiger partial charge in [0.2, 0.25) is 5.89 Å². The molecule has 0 spiro atoms. The molecule has 0 aliphatic rings. The van der Waals surface area contributed by atoms with Gasteiger partial charge in [0.25, 0.3) is 0 Å². The number of nitrogen functional groups attached to an aromatic ring is 1. The monoisotopic (exact) mass is 261 g/mol. The molecule has 20 heavy (non-hydrogen) atoms. The van der Waals surface area contributed by atoms with Crippen molar-refractivity contribution >= 4 is 27.7 Å². The van der Waals surface area contributed by atoms with E-state index < -0.39 is 0 Å². The van der Waals surface area contributed by atoms with Crippen LogP contribution >= 0.6 is 0 Å². The zero-order chi connectivity index (χ0) is 13.5. The molecule has 0 aliphatic heterocycles. The van der Waals surface area contributed by atoms with E-state index in [0.29, 0.717) is 11.6 Å². The molecular weight excluding hydrogens is 250 g/mol. The lowest BCUT2D eigenvalue weighted by Gasteiger charge is -1.98. The quantitative estimate of drug-likeness (QED) is 0.531. The summed E-state index contributed by atoms with van der Waals surface area (Å²) in [6.45, 7) is 0. The molecule has 0 amide bonds. The van der Waals surface area contributed by atoms with Crippen molar-refractivity contribution in [2.75, 3.05) is 5.73 Å². The summed E-state index contributed by atoms with van der Waals surface area (Å²) in [5.74, 6) is 0.559. The van der Waals surface area contributed by atoms with Gasteiger partial charge in [-0.05, 0) is 30.3 Å². The largest absolute Gasteiger partial charge is 0.436 e. The SMILES string of the molecule is Nc1ccc2oc(-c3cnc4ccccc4c3)nc2c1. The summed E-state index contributed by atoms with van der Waals surface area (Å²) in [5.41, 5.74) is 9.72. The Morgan fingerprint density at radius 2 is 1.85 bits per heavy atom. The minimum Gasteiger partial charge on any atom is -0.436 e. The van der Waals surface area contributed by atoms with E-state index in [1.165, 1.54) is 0 Å². The van der Waals surface area contributed by atoms with E-state index >= 15 is 0 Å². The van der Waals surface area contributed by atoms with Gasteiger partial charge < -0.3 is 10.2 Å². The molecule has 0 radical (unpaired) electrons. The van der Waals surface area contributed by atoms with Crippen molar-refractivity contribution in [3.63, 3.8) is 0 Å². The first-order valence-corrected chi connectivity index (χ1v) is 6.31. The number of oxazole rings is 1. The van der Waals surface area contributed by atoms with Gasteiger partial charge in [0.1, 0.15) is 5.52 Å². The highest BCUT2D eigenvalue weighted by molar-refractivity contribution is 5.84. The molecule has 4 nitrogen and oxygen atoms in total. The van der Waals surface area contributed by atoms with Crippen LogP contribution in [-0.4, -0.2) is 9.97 Å². The van der Waals surface area contributed by atoms with Gasteiger partial charge in [0.05, 0.1) is 11.1 Å². The first-order chi connectivity index (χ1) is 9.79. The number of anilines is 1. The van der Waals surface area contributed by atoms with E-state index in [1.807, 2.05) is 36.4 Å². The molecule has 2 aromatic heterocycles. The van der Waals surface area contributed by atoms with Crippen molar-refractivity contribution < 1.29 is 4.42 Å². The fraction of sp³-hybridized carbons (Fsp3) is 0. The molecule has 0 saturated carbocycles. The highest BCUT2D eigenvalue weighted by Crippen LogP contribution is 2.26. The van der Waals surface area contributed by atoms with Gasteiger partial charge in [-0.2, -0.15) is 0 Å². The normalized spacial score (nSPS) is 11.2. The fourth-order valence-electron chi connectivity index (χ4n) is 2.26. The van der Waals surface area contributed by atoms with Gasteiger partial charge in [-0.15, -0.1) is 0 Å². The van der Waals surface area contributed by atoms with Crippen LogP contribution in [0.4, 0.5) is 5.69 Å². The minimum atomic E-state index is 0.559. The van der Waals surface area contributed by atoms with Crippen LogP contribution in [0.1, 0.15) is 0 Å². The van der Waals surface area contributed by atoms with Gasteiger partial charge in [0.15, 0.2) is 5.58 Å². The van der Waals surface area contributed by atoms with Crippen molar-refractivity contribution in [3.8, 4) is 11.5 Å². The number of rotatable bonds is 1. The first-order valence-electron chi connectivity index (χ1n) is 6.31. The second-order valence-corrected chi connectivity index (χ2v) is 4.66. The topological polar surface area (TPSA) is 64.9 Å². The molecule has 0 fully saturated rings. The number of benzene rings is 2. The predicted octanol–water partition coefficient (Wildman–Crippen LogP) is 3.63. The number of pyridine rings is 1. The van der Waals surface area contributed by atoms with Gasteiger partial charge in [0, 0.05) is 17.3 Å². The number of para-hydroxylation sites is 1. The molecule has 4 heteroatoms. The van der Waals surface area contributed by atoms with E-state index in [2.05, 4.69) is 9.97 Å². The van der Waals surface area contributed by atoms with Crippen molar-refractivity contribution in [1.29, 1.82) is 0 Å². The third kappa shape index (κ3) is 1.70. The average Bonchev–Trinajstić information content (AvgIpc) is 2.89. The Morgan fingerprint density at radius 3 is 2.80 bits per heavy atom. The van der Waals surface area contributed by atoms with Crippen LogP contribution in [0.15, 0.2) is 59.1 Å². The highest BCUT2D eigenvalue weighted by Gasteiger charge is 2.09. The van der Waals surface area contributed by atoms with Crippen LogP contribution in [-0.2, 0) is 0 Å². The summed E-state index contributed by atoms with van der Waals surface area (Å²) in [6.07, 6.45) is 1.77. The van der Waals surface area contributed by atoms with Crippen LogP contribution in [0.25, 0.3) is 33.5 Å². The Bertz CT molecular complexity index is 927. The second kappa shape index (κ2) is 4.06. The Morgan fingerprint density at radius 1 is 0.950 bits per heavy atom. The molecule has 0 unspecified atom stereocenters. The van der Waals surface area contributed by atoms with Gasteiger partial charge in [-0.1, -0.05) is 18.2 Å². The highest BCUT2D eigenvalue weighted by atomic mass is 16.3. The summed E-state index contributed by atoms with van der Waals surface area (Å²) < 4.78 is 5.75. The smallest absolute Gasteiger partial charge is 0.228 e. The number of fused-ring (bicyclic) bond motifs is 2. The molecule has 2 N–H and O–H groups in total. The van der Waals surface area contributed by atoms with Crippen molar-refractivity contribution in [1.82, 2.24) is 9.97 Å². The molecule has 4 rings (SSSR count). The average molecular weight is 261 g/mol. The maximum Gasteiger partial charge on any atom is 0.228 e. The van der Waals surface area contributed by atoms with Crippen LogP contribution < -0.4 is 5.73 Å². The standard InChI is InChI=1S/C16H11N3O/c17-12-5-6-15-14(8-12)19-16(20-15)11-7-10-3-1-2-4-13(10)18-9-11/h1-9H,17H2. The summed E-state index contributed by atoms with van der Waals surface area (Å²) in [5, 5.41) is 1.06. The summed E-state index contributed by atoms with van der Waals surface area (Å²) >= 11 is 0. The second-order valence-electron chi connectivity index (χ2n) is 4.66. The van der Waals surface area contributed by atoms with Gasteiger partial charge in [-0.25, -0.2) is 4.98 Å². The molecule has 4 aromatic rings. The van der Waals surface area contributed by atoms with Gasteiger partial charge >= 0.3 is 0 Å². The molecule has 2 heterocycles. The molecule has 0 bridgehead atoms. The number of nitrogens with two attached hydrogens (primary N) is 1. The molecular formula is C16H11N3O. The lowest BCUT2D eigenvalue weighted by atomic mass is 10.1. The van der Waals surface area contributed by atoms with E-state index in [4.69, 9.17) is 10.2 Å². The number of nitrogens with zero attached hydrogens (tertiary/aromatic N) is 2. The third-order valence-electron chi connectivity index (χ3n) is 3.25. The lowest BCUT2D eigenvalue weighted by molar-refractivity contribution is 0.619. The Balaban J connectivity index is 1.91. The van der Waals surface area contributed by atoms with Crippen molar-refractivity contribution in [2.24, 2.45) is 0 Å². The fourth-order valence-corrected chi connectivity index (χ4v) is 2.26. The maximum absolute atomic E-state index is 5.75. The Labute approximate surface area is 114 Å². The molecule has 0 aliphatic carbocycles. The van der Waals surface area contributed by atoms with Crippen LogP contribution in [0.2, 0.25) is 0 Å². The van der Waals surface area contributed by atoms with Gasteiger partial charge in [-0.3, -0.25) is 4.98 Å². The maximum atomic E-state index is 5.75. The zero-order valence-corrected chi connectivity index (χ0v) is 10.6. The van der Waals surface area contributed by atoms with E-state index in [-0.39, 0.29) is 0 Å². The molecule has 2 aromatic carbocycles. The van der Waals surface area contributed by atoms with Crippen LogP contribution in [0.3, 0.4) is 0 Å². The first kappa shape index (κ1) is 11.0. The predicted molar refractivity (Wildman–Crippen MR) is 79.2 cm³/mol. The number of hydrogen-bond donors (Lipinski definition) is 1. The molecule has 0 atom stereocenters. The van der Waals surface area contributed by atoms with Crippen LogP contribution in [0, 0.1) is 0 Å². The van der Waals surface area contributed by atoms with Crippen LogP contribution in [0.5, 0.6) is 0 Å². The Hall–Kier alpha value is -2.88. The number of aromatic nitrogens is 2. The van der Waals surface area contributed by atoms with E-state index in [9.17, 15) is 0 Å². The lowest BCUT2D eigenvalue weighted by Crippen LogP contribution is -1.83. The molecule has 96 valence electrons. The van der Waals surface area contributed by atoms with E-state index in [1.54, 1.807) is 18.3 Å². The zero-order valence-electron chi connectivity index (χ0n) is 10.6. The number of hydrogen-bond acceptors (Lipinski definition) is 4. The van der Waals surface area contributed by atoms with E-state index in [0.717, 1.165) is 27.6 Å². The minimum absolute atomic E-state index is 0.559. The Kier molecular flexibility index (Phi) is 2.23. The summed E-state index contributed by atoms with van der Waals surface area (Å²) in [6, 6.07) is 15.4. The third-order valence-corrected chi connectivity index (χ3v) is 3.25. The van der Waals surface area contributed by atoms with Crippen molar-refractivity contribution in [2.45, 2.75) is 0 Å². The summed E-state index contributed by atoms with van der Waals surface area (Å²) in [4.78, 5) is 8.88. The summed E-state index contributed by atoms with van der Waals surface area (Å²) in [7, 11) is 0. The molecule has 0 saturated heterocycles.